The monoisotopic (exact) mass is 270 g/mol. The third-order valence-corrected chi connectivity index (χ3v) is 2.18. The number of benzene rings is 1. The predicted molar refractivity (Wildman–Crippen MR) is 70.4 cm³/mol. The first-order chi connectivity index (χ1) is 8.67. The van der Waals surface area contributed by atoms with Crippen LogP contribution in [0.4, 0.5) is 4.79 Å². The predicted octanol–water partition coefficient (Wildman–Crippen LogP) is 2.82. The van der Waals surface area contributed by atoms with E-state index >= 15 is 0 Å². The number of carbonyl (C=O) groups is 1. The lowest BCUT2D eigenvalue weighted by molar-refractivity contribution is 0.146. The molecule has 0 saturated heterocycles. The second-order valence-electron chi connectivity index (χ2n) is 3.39. The van der Waals surface area contributed by atoms with Crippen LogP contribution in [0.2, 0.25) is 5.02 Å². The highest BCUT2D eigenvalue weighted by Crippen LogP contribution is 2.21. The first kappa shape index (κ1) is 14.3. The smallest absolute Gasteiger partial charge is 0.410 e. The average molecular weight is 271 g/mol. The van der Waals surface area contributed by atoms with Crippen molar-refractivity contribution in [1.29, 1.82) is 0 Å². The summed E-state index contributed by atoms with van der Waals surface area (Å²) in [7, 11) is 1.48. The van der Waals surface area contributed by atoms with Crippen LogP contribution >= 0.6 is 11.6 Å². The number of nitrogens with zero attached hydrogens (tertiary/aromatic N) is 1. The number of oxime groups is 1. The van der Waals surface area contributed by atoms with E-state index in [0.29, 0.717) is 22.9 Å². The molecule has 0 aliphatic carbocycles. The summed E-state index contributed by atoms with van der Waals surface area (Å²) in [6.45, 7) is 2.51. The number of ether oxygens (including phenoxy) is 1. The molecule has 0 aromatic heterocycles. The minimum absolute atomic E-state index is 0.364. The molecule has 18 heavy (non-hydrogen) atoms. The van der Waals surface area contributed by atoms with Crippen molar-refractivity contribution in [3.8, 4) is 5.75 Å². The zero-order valence-corrected chi connectivity index (χ0v) is 11.0. The van der Waals surface area contributed by atoms with E-state index in [0.717, 1.165) is 6.42 Å². The fourth-order valence-corrected chi connectivity index (χ4v) is 1.28. The molecule has 0 heterocycles. The normalized spacial score (nSPS) is 10.4. The minimum atomic E-state index is -0.554. The lowest BCUT2D eigenvalue weighted by Crippen LogP contribution is -2.22. The number of halogens is 1. The fourth-order valence-electron chi connectivity index (χ4n) is 1.10. The number of nitrogens with one attached hydrogen (secondary N) is 1. The van der Waals surface area contributed by atoms with Crippen LogP contribution in [-0.4, -0.2) is 26.0 Å². The molecule has 5 nitrogen and oxygen atoms in total. The minimum Gasteiger partial charge on any atom is -0.410 e. The van der Waals surface area contributed by atoms with Gasteiger partial charge in [0.25, 0.3) is 0 Å². The van der Waals surface area contributed by atoms with Gasteiger partial charge in [-0.05, 0) is 24.6 Å². The maximum atomic E-state index is 11.2. The Morgan fingerprint density at radius 2 is 2.33 bits per heavy atom. The van der Waals surface area contributed by atoms with Gasteiger partial charge in [-0.25, -0.2) is 4.79 Å². The number of hydrogen-bond donors (Lipinski definition) is 1. The quantitative estimate of drug-likeness (QED) is 0.508. The van der Waals surface area contributed by atoms with Crippen molar-refractivity contribution < 1.29 is 14.4 Å². The van der Waals surface area contributed by atoms with Crippen molar-refractivity contribution in [3.05, 3.63) is 28.8 Å². The van der Waals surface area contributed by atoms with E-state index < -0.39 is 6.09 Å². The SMILES string of the molecule is CCCON=Cc1cc(Cl)ccc1OC(=O)NC. The van der Waals surface area contributed by atoms with Crippen LogP contribution in [0, 0.1) is 0 Å². The first-order valence-electron chi connectivity index (χ1n) is 5.51. The highest BCUT2D eigenvalue weighted by molar-refractivity contribution is 6.30. The van der Waals surface area contributed by atoms with E-state index in [9.17, 15) is 4.79 Å². The first-order valence-corrected chi connectivity index (χ1v) is 5.89. The summed E-state index contributed by atoms with van der Waals surface area (Å²) in [6, 6.07) is 4.86. The molecule has 0 unspecified atom stereocenters. The summed E-state index contributed by atoms with van der Waals surface area (Å²) in [5.41, 5.74) is 0.571. The maximum absolute atomic E-state index is 11.2. The zero-order chi connectivity index (χ0) is 13.4. The van der Waals surface area contributed by atoms with Gasteiger partial charge in [-0.15, -0.1) is 0 Å². The average Bonchev–Trinajstić information content (AvgIpc) is 2.37. The molecule has 1 rings (SSSR count). The standard InChI is InChI=1S/C12H15ClN2O3/c1-3-6-17-15-8-9-7-10(13)4-5-11(9)18-12(16)14-2/h4-5,7-8H,3,6H2,1-2H3,(H,14,16). The molecule has 1 amide bonds. The van der Waals surface area contributed by atoms with Gasteiger partial charge in [0.2, 0.25) is 0 Å². The molecule has 0 saturated carbocycles. The molecule has 0 aliphatic heterocycles. The van der Waals surface area contributed by atoms with E-state index in [1.165, 1.54) is 13.3 Å². The Kier molecular flexibility index (Phi) is 6.00. The van der Waals surface area contributed by atoms with Gasteiger partial charge in [0.05, 0.1) is 6.21 Å². The molecule has 0 atom stereocenters. The third kappa shape index (κ3) is 4.63. The van der Waals surface area contributed by atoms with Crippen molar-refractivity contribution in [3.63, 3.8) is 0 Å². The Balaban J connectivity index is 2.82. The van der Waals surface area contributed by atoms with Crippen molar-refractivity contribution >= 4 is 23.9 Å². The Hall–Kier alpha value is -1.75. The summed E-state index contributed by atoms with van der Waals surface area (Å²) >= 11 is 5.87. The summed E-state index contributed by atoms with van der Waals surface area (Å²) in [4.78, 5) is 16.1. The van der Waals surface area contributed by atoms with Gasteiger partial charge >= 0.3 is 6.09 Å². The molecule has 0 radical (unpaired) electrons. The van der Waals surface area contributed by atoms with Crippen molar-refractivity contribution in [1.82, 2.24) is 5.32 Å². The fraction of sp³-hybridized carbons (Fsp3) is 0.333. The van der Waals surface area contributed by atoms with Crippen molar-refractivity contribution in [2.75, 3.05) is 13.7 Å². The van der Waals surface area contributed by atoms with Crippen LogP contribution in [-0.2, 0) is 4.84 Å². The second-order valence-corrected chi connectivity index (χ2v) is 3.83. The van der Waals surface area contributed by atoms with Crippen LogP contribution in [0.15, 0.2) is 23.4 Å². The van der Waals surface area contributed by atoms with Gasteiger partial charge in [-0.3, -0.25) is 0 Å². The van der Waals surface area contributed by atoms with Crippen molar-refractivity contribution in [2.24, 2.45) is 5.16 Å². The zero-order valence-electron chi connectivity index (χ0n) is 10.3. The largest absolute Gasteiger partial charge is 0.412 e. The molecular formula is C12H15ClN2O3. The van der Waals surface area contributed by atoms with Crippen LogP contribution in [0.3, 0.4) is 0 Å². The van der Waals surface area contributed by atoms with Gasteiger partial charge in [0.15, 0.2) is 0 Å². The summed E-state index contributed by atoms with van der Waals surface area (Å²) < 4.78 is 5.05. The van der Waals surface area contributed by atoms with E-state index in [2.05, 4.69) is 10.5 Å². The lowest BCUT2D eigenvalue weighted by Gasteiger charge is -2.06. The van der Waals surface area contributed by atoms with E-state index in [1.807, 2.05) is 6.92 Å². The molecule has 1 aromatic carbocycles. The van der Waals surface area contributed by atoms with E-state index in [-0.39, 0.29) is 0 Å². The van der Waals surface area contributed by atoms with Crippen molar-refractivity contribution in [2.45, 2.75) is 13.3 Å². The molecule has 0 fully saturated rings. The topological polar surface area (TPSA) is 59.9 Å². The van der Waals surface area contributed by atoms with E-state index in [4.69, 9.17) is 21.2 Å². The molecule has 0 aliphatic rings. The number of carbonyl (C=O) groups excluding carboxylic acids is 1. The van der Waals surface area contributed by atoms with Gasteiger partial charge < -0.3 is 14.9 Å². The van der Waals surface area contributed by atoms with Crippen LogP contribution in [0.5, 0.6) is 5.75 Å². The Morgan fingerprint density at radius 3 is 3.00 bits per heavy atom. The Labute approximate surface area is 111 Å². The van der Waals surface area contributed by atoms with Gasteiger partial charge in [0, 0.05) is 17.6 Å². The molecule has 1 aromatic rings. The molecule has 0 spiro atoms. The van der Waals surface area contributed by atoms with Gasteiger partial charge in [0.1, 0.15) is 12.4 Å². The van der Waals surface area contributed by atoms with Crippen LogP contribution in [0.1, 0.15) is 18.9 Å². The molecular weight excluding hydrogens is 256 g/mol. The molecule has 1 N–H and O–H groups in total. The molecule has 98 valence electrons. The van der Waals surface area contributed by atoms with Gasteiger partial charge in [-0.2, -0.15) is 0 Å². The Bertz CT molecular complexity index is 435. The highest BCUT2D eigenvalue weighted by atomic mass is 35.5. The summed E-state index contributed by atoms with van der Waals surface area (Å²) in [6.07, 6.45) is 1.77. The third-order valence-electron chi connectivity index (χ3n) is 1.94. The number of amides is 1. The maximum Gasteiger partial charge on any atom is 0.412 e. The van der Waals surface area contributed by atoms with Gasteiger partial charge in [-0.1, -0.05) is 23.7 Å². The number of hydrogen-bond acceptors (Lipinski definition) is 4. The van der Waals surface area contributed by atoms with Crippen LogP contribution < -0.4 is 10.1 Å². The lowest BCUT2D eigenvalue weighted by atomic mass is 10.2. The summed E-state index contributed by atoms with van der Waals surface area (Å²) in [5, 5.41) is 6.66. The summed E-state index contributed by atoms with van der Waals surface area (Å²) in [5.74, 6) is 0.364. The molecule has 0 bridgehead atoms. The molecule has 6 heteroatoms. The highest BCUT2D eigenvalue weighted by Gasteiger charge is 2.07. The van der Waals surface area contributed by atoms with Crippen LogP contribution in [0.25, 0.3) is 0 Å². The number of rotatable bonds is 5. The second kappa shape index (κ2) is 7.55. The van der Waals surface area contributed by atoms with E-state index in [1.54, 1.807) is 18.2 Å². The Morgan fingerprint density at radius 1 is 1.56 bits per heavy atom.